The van der Waals surface area contributed by atoms with Gasteiger partial charge in [0.05, 0.1) is 0 Å². The maximum absolute atomic E-state index is 13.2. The number of carbonyl (C=O) groups excluding carboxylic acids is 1. The fourth-order valence-corrected chi connectivity index (χ4v) is 3.71. The lowest BCUT2D eigenvalue weighted by Gasteiger charge is -2.36. The summed E-state index contributed by atoms with van der Waals surface area (Å²) in [6.45, 7) is 0.906. The van der Waals surface area contributed by atoms with Gasteiger partial charge in [0.1, 0.15) is 6.04 Å². The van der Waals surface area contributed by atoms with Crippen LogP contribution in [0.2, 0.25) is 0 Å². The summed E-state index contributed by atoms with van der Waals surface area (Å²) >= 11 is 0. The van der Waals surface area contributed by atoms with Crippen molar-refractivity contribution < 1.29 is 9.53 Å². The quantitative estimate of drug-likeness (QED) is 0.302. The fourth-order valence-electron chi connectivity index (χ4n) is 3.71. The predicted octanol–water partition coefficient (Wildman–Crippen LogP) is 4.24. The van der Waals surface area contributed by atoms with E-state index in [9.17, 15) is 4.79 Å². The van der Waals surface area contributed by atoms with Crippen LogP contribution < -0.4 is 11.1 Å². The molecule has 0 bridgehead atoms. The second kappa shape index (κ2) is 10.7. The highest BCUT2D eigenvalue weighted by Gasteiger charge is 2.41. The van der Waals surface area contributed by atoms with E-state index in [0.717, 1.165) is 36.1 Å². The van der Waals surface area contributed by atoms with Crippen LogP contribution in [0, 0.1) is 0 Å². The lowest BCUT2D eigenvalue weighted by atomic mass is 9.80. The smallest absolute Gasteiger partial charge is 0.324 e. The molecule has 0 aliphatic heterocycles. The minimum absolute atomic E-state index is 0.393. The second-order valence-electron chi connectivity index (χ2n) is 7.41. The van der Waals surface area contributed by atoms with Crippen molar-refractivity contribution >= 4 is 5.97 Å². The zero-order valence-electron chi connectivity index (χ0n) is 17.5. The molecule has 3 aromatic carbocycles. The number of nitrogens with one attached hydrogen (secondary N) is 1. The van der Waals surface area contributed by atoms with Crippen molar-refractivity contribution in [1.82, 2.24) is 5.32 Å². The van der Waals surface area contributed by atoms with E-state index >= 15 is 0 Å². The van der Waals surface area contributed by atoms with Crippen LogP contribution in [0.1, 0.15) is 36.0 Å². The normalized spacial score (nSPS) is 12.3. The molecule has 0 aliphatic carbocycles. The molecular formula is C26H30N2O2. The maximum Gasteiger partial charge on any atom is 0.324 e. The summed E-state index contributed by atoms with van der Waals surface area (Å²) in [6, 6.07) is 28.9. The summed E-state index contributed by atoms with van der Waals surface area (Å²) in [5, 5.41) is 3.12. The number of unbranched alkanes of at least 4 members (excludes halogenated alkanes) is 1. The predicted molar refractivity (Wildman–Crippen MR) is 121 cm³/mol. The number of carbonyl (C=O) groups is 1. The Labute approximate surface area is 179 Å². The average Bonchev–Trinajstić information content (AvgIpc) is 2.81. The molecule has 0 amide bonds. The van der Waals surface area contributed by atoms with Crippen LogP contribution in [0.3, 0.4) is 0 Å². The van der Waals surface area contributed by atoms with Gasteiger partial charge in [0, 0.05) is 16.7 Å². The van der Waals surface area contributed by atoms with Gasteiger partial charge in [-0.2, -0.15) is 0 Å². The number of esters is 1. The van der Waals surface area contributed by atoms with Crippen LogP contribution in [-0.2, 0) is 15.1 Å². The molecule has 0 fully saturated rings. The van der Waals surface area contributed by atoms with E-state index in [1.54, 1.807) is 0 Å². The average molecular weight is 403 g/mol. The largest absolute Gasteiger partial charge is 0.443 e. The van der Waals surface area contributed by atoms with Gasteiger partial charge in [0.25, 0.3) is 0 Å². The van der Waals surface area contributed by atoms with Crippen molar-refractivity contribution in [3.05, 3.63) is 108 Å². The zero-order chi connectivity index (χ0) is 21.2. The molecule has 0 saturated carbocycles. The Kier molecular flexibility index (Phi) is 7.77. The number of nitrogens with two attached hydrogens (primary N) is 1. The third-order valence-electron chi connectivity index (χ3n) is 5.29. The lowest BCUT2D eigenvalue weighted by molar-refractivity contribution is -0.155. The molecule has 0 heterocycles. The Morgan fingerprint density at radius 2 is 1.27 bits per heavy atom. The third kappa shape index (κ3) is 4.96. The number of hydrogen-bond acceptors (Lipinski definition) is 4. The molecule has 0 aromatic heterocycles. The van der Waals surface area contributed by atoms with Crippen LogP contribution in [0.15, 0.2) is 91.0 Å². The van der Waals surface area contributed by atoms with Crippen molar-refractivity contribution in [3.8, 4) is 0 Å². The highest BCUT2D eigenvalue weighted by Crippen LogP contribution is 2.40. The third-order valence-corrected chi connectivity index (χ3v) is 5.29. The first-order chi connectivity index (χ1) is 14.7. The first kappa shape index (κ1) is 21.8. The van der Waals surface area contributed by atoms with Crippen LogP contribution in [0.4, 0.5) is 0 Å². The zero-order valence-corrected chi connectivity index (χ0v) is 17.5. The molecule has 156 valence electrons. The molecule has 0 spiro atoms. The SMILES string of the molecule is CNCCCCC(N)C(=O)OC(c1ccccc1)(c1ccccc1)c1ccccc1. The summed E-state index contributed by atoms with van der Waals surface area (Å²) in [6.07, 6.45) is 2.43. The Morgan fingerprint density at radius 1 is 0.833 bits per heavy atom. The first-order valence-corrected chi connectivity index (χ1v) is 10.5. The summed E-state index contributed by atoms with van der Waals surface area (Å²) in [5.41, 5.74) is 7.84. The number of benzene rings is 3. The highest BCUT2D eigenvalue weighted by atomic mass is 16.6. The highest BCUT2D eigenvalue weighted by molar-refractivity contribution is 5.77. The molecule has 3 aromatic rings. The van der Waals surface area contributed by atoms with E-state index in [4.69, 9.17) is 10.5 Å². The fraction of sp³-hybridized carbons (Fsp3) is 0.269. The van der Waals surface area contributed by atoms with Gasteiger partial charge in [0.15, 0.2) is 5.60 Å². The van der Waals surface area contributed by atoms with Crippen LogP contribution in [0.5, 0.6) is 0 Å². The van der Waals surface area contributed by atoms with E-state index in [2.05, 4.69) is 5.32 Å². The minimum Gasteiger partial charge on any atom is -0.443 e. The lowest BCUT2D eigenvalue weighted by Crippen LogP contribution is -2.41. The van der Waals surface area contributed by atoms with Gasteiger partial charge in [0.2, 0.25) is 0 Å². The van der Waals surface area contributed by atoms with E-state index in [1.165, 1.54) is 0 Å². The summed E-state index contributed by atoms with van der Waals surface area (Å²) < 4.78 is 6.34. The Hall–Kier alpha value is -2.95. The standard InChI is InChI=1S/C26H30N2O2/c1-28-20-12-11-19-24(27)25(29)30-26(21-13-5-2-6-14-21,22-15-7-3-8-16-22)23-17-9-4-10-18-23/h2-10,13-18,24,28H,11-12,19-20,27H2,1H3. The van der Waals surface area contributed by atoms with Gasteiger partial charge < -0.3 is 15.8 Å². The van der Waals surface area contributed by atoms with Gasteiger partial charge in [-0.05, 0) is 26.4 Å². The summed E-state index contributed by atoms with van der Waals surface area (Å²) in [5.74, 6) is -0.393. The molecular weight excluding hydrogens is 372 g/mol. The van der Waals surface area contributed by atoms with Crippen molar-refractivity contribution in [2.75, 3.05) is 13.6 Å². The summed E-state index contributed by atoms with van der Waals surface area (Å²) in [4.78, 5) is 13.2. The monoisotopic (exact) mass is 402 g/mol. The van der Waals surface area contributed by atoms with E-state index < -0.39 is 17.6 Å². The van der Waals surface area contributed by atoms with Crippen molar-refractivity contribution in [2.24, 2.45) is 5.73 Å². The Bertz CT molecular complexity index is 801. The molecule has 3 N–H and O–H groups in total. The van der Waals surface area contributed by atoms with Crippen LogP contribution in [-0.4, -0.2) is 25.6 Å². The molecule has 0 saturated heterocycles. The minimum atomic E-state index is -1.07. The second-order valence-corrected chi connectivity index (χ2v) is 7.41. The summed E-state index contributed by atoms with van der Waals surface area (Å²) in [7, 11) is 1.92. The Balaban J connectivity index is 2.02. The maximum atomic E-state index is 13.2. The molecule has 1 unspecified atom stereocenters. The molecule has 0 aliphatic rings. The van der Waals surface area contributed by atoms with Gasteiger partial charge in [-0.25, -0.2) is 0 Å². The van der Waals surface area contributed by atoms with Gasteiger partial charge in [-0.15, -0.1) is 0 Å². The van der Waals surface area contributed by atoms with Gasteiger partial charge >= 0.3 is 5.97 Å². The van der Waals surface area contributed by atoms with Crippen LogP contribution in [0.25, 0.3) is 0 Å². The molecule has 30 heavy (non-hydrogen) atoms. The van der Waals surface area contributed by atoms with Gasteiger partial charge in [-0.3, -0.25) is 4.79 Å². The first-order valence-electron chi connectivity index (χ1n) is 10.5. The van der Waals surface area contributed by atoms with Crippen molar-refractivity contribution in [3.63, 3.8) is 0 Å². The van der Waals surface area contributed by atoms with Crippen molar-refractivity contribution in [1.29, 1.82) is 0 Å². The molecule has 1 atom stereocenters. The molecule has 4 heteroatoms. The topological polar surface area (TPSA) is 64.3 Å². The van der Waals surface area contributed by atoms with Gasteiger partial charge in [-0.1, -0.05) is 97.4 Å². The number of rotatable bonds is 10. The van der Waals surface area contributed by atoms with Crippen molar-refractivity contribution in [2.45, 2.75) is 30.9 Å². The number of hydrogen-bond donors (Lipinski definition) is 2. The number of ether oxygens (including phenoxy) is 1. The van der Waals surface area contributed by atoms with Crippen LogP contribution >= 0.6 is 0 Å². The Morgan fingerprint density at radius 3 is 1.67 bits per heavy atom. The molecule has 3 rings (SSSR count). The van der Waals surface area contributed by atoms with E-state index in [1.807, 2.05) is 98.0 Å². The van der Waals surface area contributed by atoms with E-state index in [0.29, 0.717) is 6.42 Å². The molecule has 4 nitrogen and oxygen atoms in total. The van der Waals surface area contributed by atoms with E-state index in [-0.39, 0.29) is 0 Å². The molecule has 0 radical (unpaired) electrons.